The molecular weight excluding hydrogens is 276 g/mol. The lowest BCUT2D eigenvalue weighted by Gasteiger charge is -2.10. The van der Waals surface area contributed by atoms with Crippen molar-refractivity contribution >= 4 is 17.3 Å². The van der Waals surface area contributed by atoms with Gasteiger partial charge in [-0.3, -0.25) is 0 Å². The summed E-state index contributed by atoms with van der Waals surface area (Å²) in [5.41, 5.74) is 1.57. The molecule has 0 spiro atoms. The van der Waals surface area contributed by atoms with Crippen LogP contribution in [0.1, 0.15) is 24.6 Å². The van der Waals surface area contributed by atoms with Crippen LogP contribution in [0.15, 0.2) is 36.7 Å². The van der Waals surface area contributed by atoms with Gasteiger partial charge in [0.25, 0.3) is 12.2 Å². The third kappa shape index (κ3) is 2.67. The van der Waals surface area contributed by atoms with Gasteiger partial charge in [0.2, 0.25) is 0 Å². The summed E-state index contributed by atoms with van der Waals surface area (Å²) in [6.45, 7) is 2.00. The Hall–Kier alpha value is -2.57. The van der Waals surface area contributed by atoms with E-state index < -0.39 is 6.43 Å². The molecule has 3 aromatic rings. The summed E-state index contributed by atoms with van der Waals surface area (Å²) < 4.78 is 26.6. The highest BCUT2D eigenvalue weighted by Gasteiger charge is 2.09. The average molecular weight is 289 g/mol. The molecule has 0 amide bonds. The van der Waals surface area contributed by atoms with E-state index in [2.05, 4.69) is 20.4 Å². The van der Waals surface area contributed by atoms with E-state index in [1.165, 1.54) is 18.5 Å². The van der Waals surface area contributed by atoms with Gasteiger partial charge in [-0.15, -0.1) is 0 Å². The second-order valence-electron chi connectivity index (χ2n) is 4.51. The maximum Gasteiger partial charge on any atom is 0.263 e. The van der Waals surface area contributed by atoms with E-state index >= 15 is 0 Å². The molecule has 0 saturated carbocycles. The molecule has 0 saturated heterocycles. The van der Waals surface area contributed by atoms with E-state index in [9.17, 15) is 8.78 Å². The van der Waals surface area contributed by atoms with Crippen LogP contribution < -0.4 is 5.32 Å². The first-order chi connectivity index (χ1) is 10.2. The first-order valence-electron chi connectivity index (χ1n) is 6.52. The van der Waals surface area contributed by atoms with Crippen molar-refractivity contribution in [2.45, 2.75) is 19.8 Å². The Morgan fingerprint density at radius 1 is 1.24 bits per heavy atom. The summed E-state index contributed by atoms with van der Waals surface area (Å²) in [5, 5.41) is 7.25. The Labute approximate surface area is 119 Å². The molecule has 0 atom stereocenters. The number of benzene rings is 1. The summed E-state index contributed by atoms with van der Waals surface area (Å²) in [6, 6.07) is 7.87. The maximum absolute atomic E-state index is 12.5. The van der Waals surface area contributed by atoms with Gasteiger partial charge in [-0.1, -0.05) is 19.1 Å². The largest absolute Gasteiger partial charge is 0.340 e. The predicted molar refractivity (Wildman–Crippen MR) is 74.8 cm³/mol. The molecule has 0 bridgehead atoms. The van der Waals surface area contributed by atoms with Gasteiger partial charge in [-0.05, 0) is 18.6 Å². The molecular formula is C14H13F2N5. The quantitative estimate of drug-likeness (QED) is 0.800. The molecule has 3 rings (SSSR count). The molecule has 1 aromatic carbocycles. The molecule has 0 aliphatic carbocycles. The average Bonchev–Trinajstić information content (AvgIpc) is 2.96. The van der Waals surface area contributed by atoms with Gasteiger partial charge >= 0.3 is 0 Å². The summed E-state index contributed by atoms with van der Waals surface area (Å²) in [7, 11) is 0. The molecule has 7 heteroatoms. The van der Waals surface area contributed by atoms with E-state index in [0.717, 1.165) is 12.1 Å². The van der Waals surface area contributed by atoms with Gasteiger partial charge in [0.1, 0.15) is 12.1 Å². The summed E-state index contributed by atoms with van der Waals surface area (Å²) in [6.07, 6.45) is -0.274. The Kier molecular flexibility index (Phi) is 3.47. The van der Waals surface area contributed by atoms with Crippen molar-refractivity contribution in [2.75, 3.05) is 5.32 Å². The SMILES string of the molecule is CCc1cc(Nc2ccc(C(F)F)cc2)n2ncnc2n1. The maximum atomic E-state index is 12.5. The highest BCUT2D eigenvalue weighted by atomic mass is 19.3. The Morgan fingerprint density at radius 3 is 2.67 bits per heavy atom. The zero-order valence-corrected chi connectivity index (χ0v) is 11.3. The summed E-state index contributed by atoms with van der Waals surface area (Å²) in [4.78, 5) is 8.41. The van der Waals surface area contributed by atoms with Crippen LogP contribution in [0.4, 0.5) is 20.3 Å². The Balaban J connectivity index is 1.95. The number of nitrogens with one attached hydrogen (secondary N) is 1. The molecule has 5 nitrogen and oxygen atoms in total. The Bertz CT molecular complexity index is 752. The topological polar surface area (TPSA) is 55.1 Å². The van der Waals surface area contributed by atoms with Crippen molar-refractivity contribution in [3.05, 3.63) is 47.9 Å². The van der Waals surface area contributed by atoms with Crippen molar-refractivity contribution in [1.82, 2.24) is 19.6 Å². The monoisotopic (exact) mass is 289 g/mol. The molecule has 2 heterocycles. The molecule has 0 aliphatic rings. The minimum Gasteiger partial charge on any atom is -0.340 e. The molecule has 0 aliphatic heterocycles. The fourth-order valence-electron chi connectivity index (χ4n) is 1.99. The number of alkyl halides is 2. The number of hydrogen-bond donors (Lipinski definition) is 1. The van der Waals surface area contributed by atoms with Crippen LogP contribution in [0, 0.1) is 0 Å². The molecule has 21 heavy (non-hydrogen) atoms. The number of rotatable bonds is 4. The van der Waals surface area contributed by atoms with Crippen LogP contribution in [0.2, 0.25) is 0 Å². The zero-order chi connectivity index (χ0) is 14.8. The highest BCUT2D eigenvalue weighted by molar-refractivity contribution is 5.59. The minimum absolute atomic E-state index is 0.00423. The molecule has 0 fully saturated rings. The van der Waals surface area contributed by atoms with Gasteiger partial charge in [0, 0.05) is 23.0 Å². The fourth-order valence-corrected chi connectivity index (χ4v) is 1.99. The van der Waals surface area contributed by atoms with E-state index in [1.807, 2.05) is 13.0 Å². The van der Waals surface area contributed by atoms with Gasteiger partial charge < -0.3 is 5.32 Å². The van der Waals surface area contributed by atoms with Crippen LogP contribution >= 0.6 is 0 Å². The highest BCUT2D eigenvalue weighted by Crippen LogP contribution is 2.23. The van der Waals surface area contributed by atoms with Gasteiger partial charge in [-0.2, -0.15) is 14.6 Å². The lowest BCUT2D eigenvalue weighted by molar-refractivity contribution is 0.151. The number of anilines is 2. The molecule has 0 unspecified atom stereocenters. The molecule has 1 N–H and O–H groups in total. The third-order valence-corrected chi connectivity index (χ3v) is 3.10. The van der Waals surface area contributed by atoms with Gasteiger partial charge in [-0.25, -0.2) is 13.8 Å². The van der Waals surface area contributed by atoms with Crippen LogP contribution in [0.25, 0.3) is 5.78 Å². The van der Waals surface area contributed by atoms with Crippen molar-refractivity contribution < 1.29 is 8.78 Å². The van der Waals surface area contributed by atoms with E-state index in [1.54, 1.807) is 16.6 Å². The Morgan fingerprint density at radius 2 is 2.00 bits per heavy atom. The number of nitrogens with zero attached hydrogens (tertiary/aromatic N) is 4. The van der Waals surface area contributed by atoms with Crippen LogP contribution in [0.5, 0.6) is 0 Å². The van der Waals surface area contributed by atoms with E-state index in [0.29, 0.717) is 17.3 Å². The minimum atomic E-state index is -2.46. The number of halogens is 2. The number of fused-ring (bicyclic) bond motifs is 1. The molecule has 2 aromatic heterocycles. The fraction of sp³-hybridized carbons (Fsp3) is 0.214. The second kappa shape index (κ2) is 5.43. The molecule has 0 radical (unpaired) electrons. The van der Waals surface area contributed by atoms with Gasteiger partial charge in [0.05, 0.1) is 0 Å². The first kappa shape index (κ1) is 13.4. The number of hydrogen-bond acceptors (Lipinski definition) is 4. The predicted octanol–water partition coefficient (Wildman–Crippen LogP) is 3.37. The van der Waals surface area contributed by atoms with Crippen LogP contribution in [-0.2, 0) is 6.42 Å². The standard InChI is InChI=1S/C14H13F2N5/c1-2-10-7-12(21-14(20-10)17-8-18-21)19-11-5-3-9(4-6-11)13(15)16/h3-8,13,19H,2H2,1H3. The summed E-state index contributed by atoms with van der Waals surface area (Å²) in [5.74, 6) is 1.19. The van der Waals surface area contributed by atoms with Gasteiger partial charge in [0.15, 0.2) is 0 Å². The zero-order valence-electron chi connectivity index (χ0n) is 11.3. The van der Waals surface area contributed by atoms with Crippen LogP contribution in [-0.4, -0.2) is 19.6 Å². The first-order valence-corrected chi connectivity index (χ1v) is 6.52. The number of aromatic nitrogens is 4. The third-order valence-electron chi connectivity index (χ3n) is 3.10. The van der Waals surface area contributed by atoms with E-state index in [4.69, 9.17) is 0 Å². The van der Waals surface area contributed by atoms with Crippen molar-refractivity contribution in [3.8, 4) is 0 Å². The number of aryl methyl sites for hydroxylation is 1. The van der Waals surface area contributed by atoms with Crippen molar-refractivity contribution in [1.29, 1.82) is 0 Å². The lowest BCUT2D eigenvalue weighted by Crippen LogP contribution is -2.03. The van der Waals surface area contributed by atoms with E-state index in [-0.39, 0.29) is 5.56 Å². The summed E-state index contributed by atoms with van der Waals surface area (Å²) >= 11 is 0. The van der Waals surface area contributed by atoms with Crippen molar-refractivity contribution in [2.24, 2.45) is 0 Å². The normalized spacial score (nSPS) is 11.2. The molecule has 108 valence electrons. The van der Waals surface area contributed by atoms with Crippen LogP contribution in [0.3, 0.4) is 0 Å². The smallest absolute Gasteiger partial charge is 0.263 e. The lowest BCUT2D eigenvalue weighted by atomic mass is 10.2. The van der Waals surface area contributed by atoms with Crippen molar-refractivity contribution in [3.63, 3.8) is 0 Å². The second-order valence-corrected chi connectivity index (χ2v) is 4.51.